The Labute approximate surface area is 143 Å². The third-order valence-corrected chi connectivity index (χ3v) is 5.62. The van der Waals surface area contributed by atoms with Crippen LogP contribution in [0.4, 0.5) is 0 Å². The Bertz CT molecular complexity index is 513. The summed E-state index contributed by atoms with van der Waals surface area (Å²) < 4.78 is 0. The van der Waals surface area contributed by atoms with E-state index < -0.39 is 11.9 Å². The Kier molecular flexibility index (Phi) is 9.39. The number of carbonyl (C=O) groups excluding carboxylic acids is 3. The molecule has 0 aliphatic rings. The summed E-state index contributed by atoms with van der Waals surface area (Å²) in [7, 11) is 4.57. The SMILES string of the molecule is CC(CCC(=O)ON(C)C(=O)CCC=O)SSc1ccccn1. The standard InChI is InChI=1S/C15H20N2O4S2/c1-12(22-23-13-6-3-4-10-16-13)8-9-15(20)21-17(2)14(19)7-5-11-18/h3-4,6,10-12H,5,7-9H2,1-2H3. The molecule has 1 rings (SSSR count). The molecule has 0 saturated carbocycles. The van der Waals surface area contributed by atoms with Gasteiger partial charge in [0.25, 0.3) is 5.91 Å². The van der Waals surface area contributed by atoms with Gasteiger partial charge in [-0.05, 0) is 29.3 Å². The second-order valence-corrected chi connectivity index (χ2v) is 7.42. The Morgan fingerprint density at radius 3 is 2.83 bits per heavy atom. The summed E-state index contributed by atoms with van der Waals surface area (Å²) in [4.78, 5) is 42.5. The van der Waals surface area contributed by atoms with Gasteiger partial charge in [-0.25, -0.2) is 9.78 Å². The van der Waals surface area contributed by atoms with E-state index in [1.165, 1.54) is 7.05 Å². The maximum atomic E-state index is 11.7. The molecular weight excluding hydrogens is 336 g/mol. The van der Waals surface area contributed by atoms with Crippen molar-refractivity contribution in [3.63, 3.8) is 0 Å². The van der Waals surface area contributed by atoms with E-state index in [0.29, 0.717) is 12.7 Å². The summed E-state index contributed by atoms with van der Waals surface area (Å²) >= 11 is 0. The summed E-state index contributed by atoms with van der Waals surface area (Å²) in [5.41, 5.74) is 0. The molecule has 1 heterocycles. The van der Waals surface area contributed by atoms with Gasteiger partial charge in [-0.2, -0.15) is 5.06 Å². The van der Waals surface area contributed by atoms with E-state index in [1.807, 2.05) is 25.1 Å². The van der Waals surface area contributed by atoms with Crippen LogP contribution in [-0.2, 0) is 19.2 Å². The second kappa shape index (κ2) is 11.1. The Morgan fingerprint density at radius 2 is 2.17 bits per heavy atom. The fourth-order valence-corrected chi connectivity index (χ4v) is 3.57. The predicted octanol–water partition coefficient (Wildman–Crippen LogP) is 2.89. The second-order valence-electron chi connectivity index (χ2n) is 4.76. The summed E-state index contributed by atoms with van der Waals surface area (Å²) in [6, 6.07) is 5.72. The van der Waals surface area contributed by atoms with Gasteiger partial charge in [0.2, 0.25) is 0 Å². The maximum absolute atomic E-state index is 11.7. The van der Waals surface area contributed by atoms with Crippen LogP contribution < -0.4 is 0 Å². The van der Waals surface area contributed by atoms with Crippen LogP contribution in [0.5, 0.6) is 0 Å². The Balaban J connectivity index is 2.21. The van der Waals surface area contributed by atoms with E-state index in [9.17, 15) is 14.4 Å². The van der Waals surface area contributed by atoms with Crippen molar-refractivity contribution in [2.45, 2.75) is 42.9 Å². The zero-order valence-corrected chi connectivity index (χ0v) is 14.8. The molecule has 8 heteroatoms. The smallest absolute Gasteiger partial charge is 0.332 e. The van der Waals surface area contributed by atoms with Crippen molar-refractivity contribution >= 4 is 39.8 Å². The van der Waals surface area contributed by atoms with Gasteiger partial charge in [0.1, 0.15) is 11.3 Å². The summed E-state index contributed by atoms with van der Waals surface area (Å²) in [5.74, 6) is -0.846. The first-order valence-electron chi connectivity index (χ1n) is 7.18. The number of hydrogen-bond acceptors (Lipinski definition) is 7. The van der Waals surface area contributed by atoms with E-state index in [1.54, 1.807) is 27.8 Å². The molecule has 0 radical (unpaired) electrons. The molecule has 0 saturated heterocycles. The van der Waals surface area contributed by atoms with Gasteiger partial charge in [-0.3, -0.25) is 4.79 Å². The number of hydroxylamine groups is 2. The normalized spacial score (nSPS) is 11.6. The van der Waals surface area contributed by atoms with E-state index in [2.05, 4.69) is 4.98 Å². The van der Waals surface area contributed by atoms with Crippen LogP contribution in [0.25, 0.3) is 0 Å². The topological polar surface area (TPSA) is 76.6 Å². The zero-order chi connectivity index (χ0) is 17.1. The van der Waals surface area contributed by atoms with E-state index >= 15 is 0 Å². The van der Waals surface area contributed by atoms with Crippen molar-refractivity contribution in [2.75, 3.05) is 7.05 Å². The van der Waals surface area contributed by atoms with Crippen LogP contribution in [0.15, 0.2) is 29.4 Å². The van der Waals surface area contributed by atoms with Gasteiger partial charge in [-0.1, -0.05) is 23.8 Å². The fraction of sp³-hybridized carbons (Fsp3) is 0.467. The van der Waals surface area contributed by atoms with Crippen molar-refractivity contribution < 1.29 is 19.2 Å². The van der Waals surface area contributed by atoms with E-state index in [-0.39, 0.29) is 24.5 Å². The third kappa shape index (κ3) is 8.61. The number of aldehydes is 1. The van der Waals surface area contributed by atoms with Gasteiger partial charge >= 0.3 is 5.97 Å². The fourth-order valence-electron chi connectivity index (χ4n) is 1.49. The highest BCUT2D eigenvalue weighted by Crippen LogP contribution is 2.34. The lowest BCUT2D eigenvalue weighted by molar-refractivity contribution is -0.192. The van der Waals surface area contributed by atoms with Crippen LogP contribution in [0.1, 0.15) is 32.6 Å². The molecular formula is C15H20N2O4S2. The number of amides is 1. The van der Waals surface area contributed by atoms with Crippen molar-refractivity contribution in [2.24, 2.45) is 0 Å². The molecule has 23 heavy (non-hydrogen) atoms. The summed E-state index contributed by atoms with van der Waals surface area (Å²) in [5, 5.41) is 2.06. The quantitative estimate of drug-likeness (QED) is 0.382. The molecule has 0 bridgehead atoms. The number of hydrogen-bond donors (Lipinski definition) is 0. The highest BCUT2D eigenvalue weighted by atomic mass is 33.1. The summed E-state index contributed by atoms with van der Waals surface area (Å²) in [6.07, 6.45) is 3.43. The van der Waals surface area contributed by atoms with Crippen LogP contribution in [0.3, 0.4) is 0 Å². The van der Waals surface area contributed by atoms with Crippen molar-refractivity contribution in [3.8, 4) is 0 Å². The minimum atomic E-state index is -0.456. The minimum absolute atomic E-state index is 0.0419. The first-order valence-corrected chi connectivity index (χ1v) is 9.39. The zero-order valence-electron chi connectivity index (χ0n) is 13.1. The van der Waals surface area contributed by atoms with Crippen molar-refractivity contribution in [3.05, 3.63) is 24.4 Å². The minimum Gasteiger partial charge on any atom is -0.338 e. The van der Waals surface area contributed by atoms with Crippen LogP contribution in [-0.4, -0.2) is 40.5 Å². The highest BCUT2D eigenvalue weighted by molar-refractivity contribution is 8.76. The average molecular weight is 356 g/mol. The summed E-state index contributed by atoms with van der Waals surface area (Å²) in [6.45, 7) is 2.02. The molecule has 0 spiro atoms. The lowest BCUT2D eigenvalue weighted by atomic mass is 10.2. The van der Waals surface area contributed by atoms with Gasteiger partial charge in [-0.15, -0.1) is 0 Å². The lowest BCUT2D eigenvalue weighted by Gasteiger charge is -2.16. The van der Waals surface area contributed by atoms with Crippen LogP contribution in [0.2, 0.25) is 0 Å². The van der Waals surface area contributed by atoms with Crippen molar-refractivity contribution in [1.82, 2.24) is 10.0 Å². The number of aromatic nitrogens is 1. The Hall–Kier alpha value is -1.54. The number of pyridine rings is 1. The van der Waals surface area contributed by atoms with Gasteiger partial charge in [0.05, 0.1) is 0 Å². The van der Waals surface area contributed by atoms with Gasteiger partial charge in [0.15, 0.2) is 0 Å². The number of carbonyl (C=O) groups is 3. The molecule has 0 N–H and O–H groups in total. The molecule has 0 aliphatic carbocycles. The molecule has 1 amide bonds. The first kappa shape index (κ1) is 19.5. The van der Waals surface area contributed by atoms with Crippen LogP contribution >= 0.6 is 21.6 Å². The third-order valence-electron chi connectivity index (χ3n) is 2.76. The molecule has 126 valence electrons. The number of rotatable bonds is 9. The molecule has 0 aromatic carbocycles. The molecule has 1 aromatic heterocycles. The first-order chi connectivity index (χ1) is 11.0. The number of nitrogens with zero attached hydrogens (tertiary/aromatic N) is 2. The van der Waals surface area contributed by atoms with E-state index in [4.69, 9.17) is 4.84 Å². The predicted molar refractivity (Wildman–Crippen MR) is 90.5 cm³/mol. The molecule has 0 fully saturated rings. The monoisotopic (exact) mass is 356 g/mol. The molecule has 1 aromatic rings. The Morgan fingerprint density at radius 1 is 1.39 bits per heavy atom. The molecule has 0 aliphatic heterocycles. The van der Waals surface area contributed by atoms with Gasteiger partial charge < -0.3 is 9.63 Å². The molecule has 1 atom stereocenters. The van der Waals surface area contributed by atoms with Crippen LogP contribution in [0, 0.1) is 0 Å². The molecule has 6 nitrogen and oxygen atoms in total. The largest absolute Gasteiger partial charge is 0.338 e. The lowest BCUT2D eigenvalue weighted by Crippen LogP contribution is -2.29. The van der Waals surface area contributed by atoms with Crippen molar-refractivity contribution in [1.29, 1.82) is 0 Å². The molecule has 1 unspecified atom stereocenters. The van der Waals surface area contributed by atoms with Gasteiger partial charge in [0, 0.05) is 37.8 Å². The van der Waals surface area contributed by atoms with E-state index in [0.717, 1.165) is 10.1 Å². The maximum Gasteiger partial charge on any atom is 0.332 e. The average Bonchev–Trinajstić information content (AvgIpc) is 2.56. The highest BCUT2D eigenvalue weighted by Gasteiger charge is 2.15.